The number of halogens is 2. The van der Waals surface area contributed by atoms with Gasteiger partial charge in [0.25, 0.3) is 0 Å². The molecular weight excluding hydrogens is 223 g/mol. The van der Waals surface area contributed by atoms with Crippen molar-refractivity contribution >= 4 is 27.5 Å². The van der Waals surface area contributed by atoms with Crippen LogP contribution in [-0.2, 0) is 0 Å². The van der Waals surface area contributed by atoms with E-state index in [9.17, 15) is 0 Å². The minimum Gasteiger partial charge on any atom is -0.127 e. The average Bonchev–Trinajstić information content (AvgIpc) is 2.07. The lowest BCUT2D eigenvalue weighted by Crippen LogP contribution is -1.89. The molecule has 0 amide bonds. The number of alkyl halides is 2. The lowest BCUT2D eigenvalue weighted by atomic mass is 10.1. The zero-order valence-corrected chi connectivity index (χ0v) is 8.48. The van der Waals surface area contributed by atoms with Gasteiger partial charge < -0.3 is 0 Å². The lowest BCUT2D eigenvalue weighted by Gasteiger charge is -2.06. The smallest absolute Gasteiger partial charge is 0.0406 e. The van der Waals surface area contributed by atoms with Gasteiger partial charge in [0.2, 0.25) is 0 Å². The highest BCUT2D eigenvalue weighted by molar-refractivity contribution is 9.09. The second-order valence-electron chi connectivity index (χ2n) is 2.36. The van der Waals surface area contributed by atoms with E-state index in [-0.39, 0.29) is 0 Å². The number of hydrogen-bond donors (Lipinski definition) is 0. The van der Waals surface area contributed by atoms with Gasteiger partial charge in [0.1, 0.15) is 0 Å². The predicted octanol–water partition coefficient (Wildman–Crippen LogP) is 3.75. The molecule has 1 unspecified atom stereocenters. The fourth-order valence-corrected chi connectivity index (χ4v) is 1.94. The van der Waals surface area contributed by atoms with Crippen molar-refractivity contribution in [1.29, 1.82) is 0 Å². The molecular formula is C9H10BrCl. The Morgan fingerprint density at radius 1 is 1.27 bits per heavy atom. The normalized spacial score (nSPS) is 12.9. The summed E-state index contributed by atoms with van der Waals surface area (Å²) in [6.07, 6.45) is 0.978. The zero-order valence-electron chi connectivity index (χ0n) is 6.13. The van der Waals surface area contributed by atoms with Crippen LogP contribution >= 0.6 is 27.5 Å². The molecule has 60 valence electrons. The summed E-state index contributed by atoms with van der Waals surface area (Å²) >= 11 is 9.18. The van der Waals surface area contributed by atoms with Crippen LogP contribution in [0.25, 0.3) is 0 Å². The van der Waals surface area contributed by atoms with E-state index in [0.717, 1.165) is 6.42 Å². The van der Waals surface area contributed by atoms with E-state index < -0.39 is 0 Å². The largest absolute Gasteiger partial charge is 0.127 e. The van der Waals surface area contributed by atoms with Crippen LogP contribution in [0, 0.1) is 0 Å². The quantitative estimate of drug-likeness (QED) is 0.698. The van der Waals surface area contributed by atoms with Crippen LogP contribution in [0.5, 0.6) is 0 Å². The van der Waals surface area contributed by atoms with E-state index >= 15 is 0 Å². The van der Waals surface area contributed by atoms with Crippen LogP contribution in [0.2, 0.25) is 0 Å². The first kappa shape index (κ1) is 9.08. The van der Waals surface area contributed by atoms with Crippen LogP contribution in [0.1, 0.15) is 16.8 Å². The predicted molar refractivity (Wildman–Crippen MR) is 53.4 cm³/mol. The molecule has 0 aliphatic carbocycles. The van der Waals surface area contributed by atoms with E-state index in [2.05, 4.69) is 28.1 Å². The highest BCUT2D eigenvalue weighted by Crippen LogP contribution is 2.25. The fourth-order valence-electron chi connectivity index (χ4n) is 0.924. The molecule has 0 nitrogen and oxygen atoms in total. The molecule has 0 aliphatic rings. The molecule has 1 rings (SSSR count). The van der Waals surface area contributed by atoms with Crippen LogP contribution < -0.4 is 0 Å². The summed E-state index contributed by atoms with van der Waals surface area (Å²) in [6.45, 7) is 0. The Hall–Kier alpha value is -0.0100. The molecule has 1 aromatic rings. The molecule has 0 aromatic heterocycles. The SMILES string of the molecule is ClCCC(Br)c1ccccc1. The molecule has 0 aliphatic heterocycles. The topological polar surface area (TPSA) is 0 Å². The molecule has 1 aromatic carbocycles. The third-order valence-corrected chi connectivity index (χ3v) is 2.73. The molecule has 0 saturated carbocycles. The molecule has 0 radical (unpaired) electrons. The van der Waals surface area contributed by atoms with Gasteiger partial charge in [-0.15, -0.1) is 11.6 Å². The Morgan fingerprint density at radius 2 is 1.91 bits per heavy atom. The van der Waals surface area contributed by atoms with Crippen molar-refractivity contribution in [2.45, 2.75) is 11.2 Å². The molecule has 11 heavy (non-hydrogen) atoms. The molecule has 0 saturated heterocycles. The Morgan fingerprint density at radius 3 is 2.45 bits per heavy atom. The van der Waals surface area contributed by atoms with Gasteiger partial charge >= 0.3 is 0 Å². The van der Waals surface area contributed by atoms with Gasteiger partial charge in [-0.05, 0) is 12.0 Å². The van der Waals surface area contributed by atoms with E-state index in [1.54, 1.807) is 0 Å². The van der Waals surface area contributed by atoms with Crippen molar-refractivity contribution in [2.24, 2.45) is 0 Å². The van der Waals surface area contributed by atoms with Gasteiger partial charge in [-0.25, -0.2) is 0 Å². The third kappa shape index (κ3) is 2.84. The Labute approximate surface area is 80.7 Å². The van der Waals surface area contributed by atoms with Gasteiger partial charge in [0.15, 0.2) is 0 Å². The van der Waals surface area contributed by atoms with Gasteiger partial charge in [0.05, 0.1) is 0 Å². The molecule has 0 N–H and O–H groups in total. The van der Waals surface area contributed by atoms with Crippen molar-refractivity contribution in [3.63, 3.8) is 0 Å². The van der Waals surface area contributed by atoms with Crippen LogP contribution in [-0.4, -0.2) is 5.88 Å². The highest BCUT2D eigenvalue weighted by atomic mass is 79.9. The summed E-state index contributed by atoms with van der Waals surface area (Å²) in [4.78, 5) is 0.404. The Balaban J connectivity index is 2.61. The first-order valence-corrected chi connectivity index (χ1v) is 5.04. The summed E-state index contributed by atoms with van der Waals surface area (Å²) in [6, 6.07) is 10.3. The summed E-state index contributed by atoms with van der Waals surface area (Å²) in [5, 5.41) is 0. The lowest BCUT2D eigenvalue weighted by molar-refractivity contribution is 0.918. The maximum atomic E-state index is 5.62. The maximum Gasteiger partial charge on any atom is 0.0406 e. The first-order chi connectivity index (χ1) is 5.34. The van der Waals surface area contributed by atoms with E-state index in [1.165, 1.54) is 5.56 Å². The van der Waals surface area contributed by atoms with E-state index in [1.807, 2.05) is 18.2 Å². The summed E-state index contributed by atoms with van der Waals surface area (Å²) in [5.41, 5.74) is 1.30. The second-order valence-corrected chi connectivity index (χ2v) is 3.84. The van der Waals surface area contributed by atoms with Crippen LogP contribution in [0.4, 0.5) is 0 Å². The van der Waals surface area contributed by atoms with Crippen LogP contribution in [0.3, 0.4) is 0 Å². The number of benzene rings is 1. The highest BCUT2D eigenvalue weighted by Gasteiger charge is 2.03. The average molecular weight is 234 g/mol. The molecule has 1 atom stereocenters. The van der Waals surface area contributed by atoms with Crippen molar-refractivity contribution in [1.82, 2.24) is 0 Å². The monoisotopic (exact) mass is 232 g/mol. The van der Waals surface area contributed by atoms with Gasteiger partial charge in [0, 0.05) is 10.7 Å². The standard InChI is InChI=1S/C9H10BrCl/c10-9(6-7-11)8-4-2-1-3-5-8/h1-5,9H,6-7H2. The van der Waals surface area contributed by atoms with E-state index in [0.29, 0.717) is 10.7 Å². The Kier molecular flexibility index (Phi) is 3.95. The third-order valence-electron chi connectivity index (χ3n) is 1.52. The second kappa shape index (κ2) is 4.78. The summed E-state index contributed by atoms with van der Waals surface area (Å²) in [5.74, 6) is 0.699. The number of rotatable bonds is 3. The Bertz CT molecular complexity index is 198. The molecule has 0 fully saturated rings. The molecule has 0 spiro atoms. The minimum atomic E-state index is 0.404. The van der Waals surface area contributed by atoms with Gasteiger partial charge in [-0.1, -0.05) is 46.3 Å². The van der Waals surface area contributed by atoms with Crippen molar-refractivity contribution in [2.75, 3.05) is 5.88 Å². The van der Waals surface area contributed by atoms with Gasteiger partial charge in [-0.3, -0.25) is 0 Å². The molecule has 2 heteroatoms. The van der Waals surface area contributed by atoms with E-state index in [4.69, 9.17) is 11.6 Å². The summed E-state index contributed by atoms with van der Waals surface area (Å²) in [7, 11) is 0. The maximum absolute atomic E-state index is 5.62. The van der Waals surface area contributed by atoms with Crippen molar-refractivity contribution < 1.29 is 0 Å². The number of hydrogen-bond acceptors (Lipinski definition) is 0. The fraction of sp³-hybridized carbons (Fsp3) is 0.333. The van der Waals surface area contributed by atoms with Crippen LogP contribution in [0.15, 0.2) is 30.3 Å². The molecule has 0 heterocycles. The van der Waals surface area contributed by atoms with Crippen molar-refractivity contribution in [3.05, 3.63) is 35.9 Å². The zero-order chi connectivity index (χ0) is 8.10. The minimum absolute atomic E-state index is 0.404. The summed E-state index contributed by atoms with van der Waals surface area (Å²) < 4.78 is 0. The molecule has 0 bridgehead atoms. The first-order valence-electron chi connectivity index (χ1n) is 3.59. The van der Waals surface area contributed by atoms with Crippen molar-refractivity contribution in [3.8, 4) is 0 Å². The van der Waals surface area contributed by atoms with Gasteiger partial charge in [-0.2, -0.15) is 0 Å².